The van der Waals surface area contributed by atoms with Crippen molar-refractivity contribution in [2.75, 3.05) is 20.3 Å². The summed E-state index contributed by atoms with van der Waals surface area (Å²) in [4.78, 5) is 20.5. The molecule has 2 aromatic carbocycles. The molecule has 2 aromatic rings. The smallest absolute Gasteiger partial charge is 0.229 e. The molecule has 5 rings (SSSR count). The van der Waals surface area contributed by atoms with Crippen LogP contribution in [0.5, 0.6) is 11.5 Å². The molecule has 3 aliphatic rings. The molecular formula is C30H40N4O4. The summed E-state index contributed by atoms with van der Waals surface area (Å²) < 4.78 is 11.5. The Balaban J connectivity index is 0.000000206. The average Bonchev–Trinajstić information content (AvgIpc) is 2.94. The molecule has 2 unspecified atom stereocenters. The van der Waals surface area contributed by atoms with Gasteiger partial charge in [-0.2, -0.15) is 0 Å². The molecule has 0 saturated carbocycles. The van der Waals surface area contributed by atoms with E-state index in [2.05, 4.69) is 64.9 Å². The standard InChI is InChI=1S/C21H23NO2.C9H17N3O2/c1-14-13-24-20-8-4-3-7-18(20)21(14)22-15(2)16-9-10-19-17(12-16)6-5-11-23-19;1-4-9(5-2)6-7(13)10-8(11-9)12-14-3/h3-4,7-10,12,14,21-22H,2,5-6,11,13H2,1H3;4-6H2,1-3H3,(H2,10,11,12,13). The summed E-state index contributed by atoms with van der Waals surface area (Å²) in [5, 5.41) is 6.25. The van der Waals surface area contributed by atoms with Crippen LogP contribution in [-0.2, 0) is 16.1 Å². The molecule has 204 valence electrons. The molecule has 3 aliphatic heterocycles. The summed E-state index contributed by atoms with van der Waals surface area (Å²) in [5.41, 5.74) is 6.87. The van der Waals surface area contributed by atoms with Crippen LogP contribution in [0.3, 0.4) is 0 Å². The number of aryl methyl sites for hydroxylation is 1. The Morgan fingerprint density at radius 3 is 2.74 bits per heavy atom. The van der Waals surface area contributed by atoms with Gasteiger partial charge < -0.3 is 14.8 Å². The van der Waals surface area contributed by atoms with E-state index in [1.807, 2.05) is 26.0 Å². The Kier molecular flexibility index (Phi) is 8.94. The van der Waals surface area contributed by atoms with Crippen molar-refractivity contribution >= 4 is 17.6 Å². The van der Waals surface area contributed by atoms with Crippen molar-refractivity contribution in [3.8, 4) is 11.5 Å². The minimum atomic E-state index is -0.261. The first-order chi connectivity index (χ1) is 18.4. The maximum absolute atomic E-state index is 11.4. The number of amides is 1. The molecule has 2 atom stereocenters. The lowest BCUT2D eigenvalue weighted by Gasteiger charge is -2.33. The van der Waals surface area contributed by atoms with Gasteiger partial charge in [0.15, 0.2) is 0 Å². The molecule has 0 radical (unpaired) electrons. The number of hydroxylamine groups is 1. The predicted octanol–water partition coefficient (Wildman–Crippen LogP) is 4.91. The van der Waals surface area contributed by atoms with Crippen LogP contribution < -0.4 is 25.6 Å². The van der Waals surface area contributed by atoms with Gasteiger partial charge in [0.05, 0.1) is 38.3 Å². The van der Waals surface area contributed by atoms with Gasteiger partial charge in [-0.05, 0) is 61.1 Å². The second-order valence-corrected chi connectivity index (χ2v) is 10.1. The molecule has 0 aliphatic carbocycles. The van der Waals surface area contributed by atoms with Gasteiger partial charge in [-0.1, -0.05) is 45.5 Å². The summed E-state index contributed by atoms with van der Waals surface area (Å²) in [6, 6.07) is 14.8. The van der Waals surface area contributed by atoms with Crippen molar-refractivity contribution in [2.24, 2.45) is 10.9 Å². The summed E-state index contributed by atoms with van der Waals surface area (Å²) in [6.45, 7) is 12.1. The SMILES string of the molecule is C=C(NC1c2ccccc2OCC1C)c1ccc2c(c1)CCCO2.CCC1(CC)CC(=O)NC(NOC)=N1. The number of hydrogen-bond donors (Lipinski definition) is 3. The average molecular weight is 521 g/mol. The monoisotopic (exact) mass is 520 g/mol. The number of nitrogens with one attached hydrogen (secondary N) is 3. The van der Waals surface area contributed by atoms with Gasteiger partial charge >= 0.3 is 0 Å². The van der Waals surface area contributed by atoms with E-state index in [0.29, 0.717) is 18.3 Å². The maximum Gasteiger partial charge on any atom is 0.229 e. The number of carbonyl (C=O) groups is 1. The molecule has 0 aromatic heterocycles. The minimum absolute atomic E-state index is 0.0109. The van der Waals surface area contributed by atoms with Gasteiger partial charge in [-0.25, -0.2) is 10.5 Å². The second kappa shape index (κ2) is 12.3. The van der Waals surface area contributed by atoms with E-state index < -0.39 is 0 Å². The Morgan fingerprint density at radius 2 is 1.97 bits per heavy atom. The van der Waals surface area contributed by atoms with E-state index >= 15 is 0 Å². The van der Waals surface area contributed by atoms with Crippen LogP contribution in [0.15, 0.2) is 54.0 Å². The number of nitrogens with zero attached hydrogens (tertiary/aromatic N) is 1. The van der Waals surface area contributed by atoms with Crippen molar-refractivity contribution in [2.45, 2.75) is 64.5 Å². The van der Waals surface area contributed by atoms with E-state index in [-0.39, 0.29) is 17.5 Å². The summed E-state index contributed by atoms with van der Waals surface area (Å²) in [5.74, 6) is 2.77. The van der Waals surface area contributed by atoms with Crippen molar-refractivity contribution < 1.29 is 19.1 Å². The van der Waals surface area contributed by atoms with Crippen LogP contribution in [0.1, 0.15) is 69.2 Å². The van der Waals surface area contributed by atoms with Gasteiger partial charge in [0.2, 0.25) is 11.9 Å². The molecule has 0 spiro atoms. The number of rotatable bonds is 6. The predicted molar refractivity (Wildman–Crippen MR) is 150 cm³/mol. The van der Waals surface area contributed by atoms with Crippen molar-refractivity contribution in [3.63, 3.8) is 0 Å². The highest BCUT2D eigenvalue weighted by Crippen LogP contribution is 2.37. The molecule has 3 N–H and O–H groups in total. The molecule has 0 fully saturated rings. The number of benzene rings is 2. The number of fused-ring (bicyclic) bond motifs is 2. The third-order valence-electron chi connectivity index (χ3n) is 7.52. The van der Waals surface area contributed by atoms with Crippen molar-refractivity contribution in [1.29, 1.82) is 0 Å². The quantitative estimate of drug-likeness (QED) is 0.469. The van der Waals surface area contributed by atoms with E-state index in [1.54, 1.807) is 0 Å². The van der Waals surface area contributed by atoms with Crippen molar-refractivity contribution in [3.05, 3.63) is 65.7 Å². The van der Waals surface area contributed by atoms with E-state index in [9.17, 15) is 4.79 Å². The molecule has 1 amide bonds. The molecule has 0 saturated heterocycles. The van der Waals surface area contributed by atoms with E-state index in [1.165, 1.54) is 18.2 Å². The first-order valence-electron chi connectivity index (χ1n) is 13.5. The normalized spacial score (nSPS) is 21.1. The zero-order valence-electron chi connectivity index (χ0n) is 22.9. The lowest BCUT2D eigenvalue weighted by atomic mass is 9.88. The number of carbonyl (C=O) groups excluding carboxylic acids is 1. The highest BCUT2D eigenvalue weighted by atomic mass is 16.6. The van der Waals surface area contributed by atoms with Crippen LogP contribution in [0.25, 0.3) is 5.70 Å². The largest absolute Gasteiger partial charge is 0.493 e. The molecule has 0 bridgehead atoms. The number of ether oxygens (including phenoxy) is 2. The van der Waals surface area contributed by atoms with Gasteiger partial charge in [-0.3, -0.25) is 14.9 Å². The van der Waals surface area contributed by atoms with Crippen LogP contribution in [0, 0.1) is 5.92 Å². The molecule has 38 heavy (non-hydrogen) atoms. The topological polar surface area (TPSA) is 93.2 Å². The Morgan fingerprint density at radius 1 is 1.18 bits per heavy atom. The fourth-order valence-electron chi connectivity index (χ4n) is 5.11. The number of guanidine groups is 1. The second-order valence-electron chi connectivity index (χ2n) is 10.1. The van der Waals surface area contributed by atoms with Gasteiger partial charge in [0, 0.05) is 17.2 Å². The number of aliphatic imine (C=N–C) groups is 1. The summed E-state index contributed by atoms with van der Waals surface area (Å²) in [7, 11) is 1.49. The maximum atomic E-state index is 11.4. The van der Waals surface area contributed by atoms with Crippen LogP contribution in [0.2, 0.25) is 0 Å². The van der Waals surface area contributed by atoms with Crippen LogP contribution in [-0.4, -0.2) is 37.7 Å². The zero-order chi connectivity index (χ0) is 27.1. The minimum Gasteiger partial charge on any atom is -0.493 e. The Bertz CT molecular complexity index is 1170. The first-order valence-corrected chi connectivity index (χ1v) is 13.5. The fourth-order valence-corrected chi connectivity index (χ4v) is 5.11. The zero-order valence-corrected chi connectivity index (χ0v) is 22.9. The molecule has 8 heteroatoms. The fraction of sp³-hybridized carbons (Fsp3) is 0.467. The Hall–Kier alpha value is -3.52. The number of hydrogen-bond acceptors (Lipinski definition) is 7. The third kappa shape index (κ3) is 6.30. The van der Waals surface area contributed by atoms with Gasteiger partial charge in [0.25, 0.3) is 0 Å². The van der Waals surface area contributed by atoms with Crippen LogP contribution in [0.4, 0.5) is 0 Å². The molecule has 3 heterocycles. The Labute approximate surface area is 225 Å². The first kappa shape index (κ1) is 27.5. The molecule has 8 nitrogen and oxygen atoms in total. The molecular weight excluding hydrogens is 480 g/mol. The number of para-hydroxylation sites is 1. The van der Waals surface area contributed by atoms with Gasteiger partial charge in [0.1, 0.15) is 11.5 Å². The van der Waals surface area contributed by atoms with Crippen LogP contribution >= 0.6 is 0 Å². The van der Waals surface area contributed by atoms with E-state index in [4.69, 9.17) is 14.3 Å². The van der Waals surface area contributed by atoms with E-state index in [0.717, 1.165) is 61.7 Å². The highest BCUT2D eigenvalue weighted by Gasteiger charge is 2.33. The summed E-state index contributed by atoms with van der Waals surface area (Å²) in [6.07, 6.45) is 4.32. The van der Waals surface area contributed by atoms with Crippen molar-refractivity contribution in [1.82, 2.24) is 16.1 Å². The lowest BCUT2D eigenvalue weighted by Crippen LogP contribution is -2.50. The third-order valence-corrected chi connectivity index (χ3v) is 7.52. The highest BCUT2D eigenvalue weighted by molar-refractivity contribution is 5.99. The van der Waals surface area contributed by atoms with Gasteiger partial charge in [-0.15, -0.1) is 0 Å². The summed E-state index contributed by atoms with van der Waals surface area (Å²) >= 11 is 0. The lowest BCUT2D eigenvalue weighted by molar-refractivity contribution is -0.121.